The molecule has 2 aromatic rings. The third-order valence-electron chi connectivity index (χ3n) is 2.01. The summed E-state index contributed by atoms with van der Waals surface area (Å²) < 4.78 is 1.13. The minimum Gasteiger partial charge on any atom is -0.392 e. The van der Waals surface area contributed by atoms with Crippen LogP contribution in [0, 0.1) is 0 Å². The second-order valence-corrected chi connectivity index (χ2v) is 5.12. The molecule has 0 radical (unpaired) electrons. The molecule has 0 saturated carbocycles. The van der Waals surface area contributed by atoms with Crippen LogP contribution < -0.4 is 0 Å². The highest BCUT2D eigenvalue weighted by Crippen LogP contribution is 2.32. The Morgan fingerprint density at radius 2 is 2.14 bits per heavy atom. The van der Waals surface area contributed by atoms with E-state index in [0.717, 1.165) is 21.0 Å². The van der Waals surface area contributed by atoms with Crippen LogP contribution in [0.4, 0.5) is 0 Å². The SMILES string of the molecule is OCc1cc(Cl)cc2cc(CBr)sc12. The molecule has 0 atom stereocenters. The number of hydrogen-bond acceptors (Lipinski definition) is 2. The Kier molecular flexibility index (Phi) is 3.12. The first-order valence-corrected chi connectivity index (χ1v) is 6.44. The van der Waals surface area contributed by atoms with E-state index in [2.05, 4.69) is 22.0 Å². The van der Waals surface area contributed by atoms with Crippen LogP contribution in [0.25, 0.3) is 10.1 Å². The molecule has 0 aliphatic rings. The first kappa shape index (κ1) is 10.4. The van der Waals surface area contributed by atoms with Crippen LogP contribution in [0.2, 0.25) is 5.02 Å². The molecule has 0 unspecified atom stereocenters. The third kappa shape index (κ3) is 1.82. The molecule has 4 heteroatoms. The van der Waals surface area contributed by atoms with Crippen LogP contribution in [0.15, 0.2) is 18.2 Å². The largest absolute Gasteiger partial charge is 0.392 e. The van der Waals surface area contributed by atoms with E-state index in [0.29, 0.717) is 5.02 Å². The molecule has 74 valence electrons. The molecule has 1 nitrogen and oxygen atoms in total. The van der Waals surface area contributed by atoms with Crippen LogP contribution in [0.3, 0.4) is 0 Å². The van der Waals surface area contributed by atoms with Gasteiger partial charge in [0.05, 0.1) is 6.61 Å². The van der Waals surface area contributed by atoms with Gasteiger partial charge in [-0.3, -0.25) is 0 Å². The van der Waals surface area contributed by atoms with Crippen molar-refractivity contribution in [2.75, 3.05) is 0 Å². The molecular formula is C10H8BrClOS. The Hall–Kier alpha value is -0.0900. The van der Waals surface area contributed by atoms with Crippen molar-refractivity contribution >= 4 is 49.0 Å². The van der Waals surface area contributed by atoms with Crippen molar-refractivity contribution in [2.24, 2.45) is 0 Å². The Morgan fingerprint density at radius 1 is 1.36 bits per heavy atom. The summed E-state index contributed by atoms with van der Waals surface area (Å²) in [4.78, 5) is 1.25. The average Bonchev–Trinajstić information content (AvgIpc) is 2.59. The van der Waals surface area contributed by atoms with Crippen LogP contribution >= 0.6 is 38.9 Å². The normalized spacial score (nSPS) is 11.1. The van der Waals surface area contributed by atoms with Gasteiger partial charge in [-0.1, -0.05) is 27.5 Å². The summed E-state index contributed by atoms with van der Waals surface area (Å²) in [5.74, 6) is 0. The van der Waals surface area contributed by atoms with Crippen molar-refractivity contribution in [1.29, 1.82) is 0 Å². The molecule has 0 fully saturated rings. The fourth-order valence-electron chi connectivity index (χ4n) is 1.42. The van der Waals surface area contributed by atoms with Crippen LogP contribution in [-0.4, -0.2) is 5.11 Å². The van der Waals surface area contributed by atoms with Gasteiger partial charge in [-0.2, -0.15) is 0 Å². The van der Waals surface area contributed by atoms with Gasteiger partial charge in [-0.25, -0.2) is 0 Å². The van der Waals surface area contributed by atoms with E-state index in [1.165, 1.54) is 4.88 Å². The zero-order valence-corrected chi connectivity index (χ0v) is 10.4. The monoisotopic (exact) mass is 290 g/mol. The zero-order chi connectivity index (χ0) is 10.1. The molecule has 0 amide bonds. The summed E-state index contributed by atoms with van der Waals surface area (Å²) in [6.45, 7) is 0.0410. The maximum Gasteiger partial charge on any atom is 0.0696 e. The maximum atomic E-state index is 9.18. The van der Waals surface area contributed by atoms with Crippen molar-refractivity contribution in [3.05, 3.63) is 33.7 Å². The van der Waals surface area contributed by atoms with E-state index in [1.807, 2.05) is 12.1 Å². The van der Waals surface area contributed by atoms with Gasteiger partial charge < -0.3 is 5.11 Å². The number of halogens is 2. The van der Waals surface area contributed by atoms with Gasteiger partial charge in [0.15, 0.2) is 0 Å². The fraction of sp³-hybridized carbons (Fsp3) is 0.200. The molecule has 14 heavy (non-hydrogen) atoms. The number of hydrogen-bond donors (Lipinski definition) is 1. The standard InChI is InChI=1S/C10H8BrClOS/c11-4-9-3-6-1-8(12)2-7(5-13)10(6)14-9/h1-3,13H,4-5H2. The molecule has 2 rings (SSSR count). The predicted molar refractivity (Wildman–Crippen MR) is 65.4 cm³/mol. The number of fused-ring (bicyclic) bond motifs is 1. The van der Waals surface area contributed by atoms with Crippen molar-refractivity contribution in [3.8, 4) is 0 Å². The third-order valence-corrected chi connectivity index (χ3v) is 4.43. The summed E-state index contributed by atoms with van der Waals surface area (Å²) in [5, 5.41) is 11.8. The molecule has 0 aliphatic carbocycles. The topological polar surface area (TPSA) is 20.2 Å². The predicted octanol–water partition coefficient (Wildman–Crippen LogP) is 3.94. The second kappa shape index (κ2) is 4.19. The highest BCUT2D eigenvalue weighted by atomic mass is 79.9. The highest BCUT2D eigenvalue weighted by Gasteiger charge is 2.06. The minimum atomic E-state index is 0.0410. The summed E-state index contributed by atoms with van der Waals surface area (Å²) in [5.41, 5.74) is 0.907. The molecule has 1 N–H and O–H groups in total. The molecule has 1 aromatic heterocycles. The number of benzene rings is 1. The number of aliphatic hydroxyl groups excluding tert-OH is 1. The van der Waals surface area contributed by atoms with Crippen molar-refractivity contribution in [3.63, 3.8) is 0 Å². The van der Waals surface area contributed by atoms with E-state index >= 15 is 0 Å². The van der Waals surface area contributed by atoms with E-state index in [9.17, 15) is 5.11 Å². The molecule has 1 heterocycles. The van der Waals surface area contributed by atoms with Gasteiger partial charge in [0.1, 0.15) is 0 Å². The summed E-state index contributed by atoms with van der Waals surface area (Å²) in [6, 6.07) is 5.84. The molecule has 0 spiro atoms. The second-order valence-electron chi connectivity index (χ2n) is 2.99. The Bertz CT molecular complexity index is 466. The maximum absolute atomic E-state index is 9.18. The van der Waals surface area contributed by atoms with Crippen molar-refractivity contribution < 1.29 is 5.11 Å². The first-order valence-electron chi connectivity index (χ1n) is 4.12. The fourth-order valence-corrected chi connectivity index (χ4v) is 3.17. The zero-order valence-electron chi connectivity index (χ0n) is 7.26. The lowest BCUT2D eigenvalue weighted by Crippen LogP contribution is -1.82. The molecule has 0 aliphatic heterocycles. The lowest BCUT2D eigenvalue weighted by Gasteiger charge is -1.98. The first-order chi connectivity index (χ1) is 6.74. The van der Waals surface area contributed by atoms with Gasteiger partial charge >= 0.3 is 0 Å². The lowest BCUT2D eigenvalue weighted by molar-refractivity contribution is 0.283. The summed E-state index contributed by atoms with van der Waals surface area (Å²) in [6.07, 6.45) is 0. The van der Waals surface area contributed by atoms with E-state index in [1.54, 1.807) is 11.3 Å². The Labute approximate surface area is 99.4 Å². The van der Waals surface area contributed by atoms with Gasteiger partial charge in [-0.15, -0.1) is 11.3 Å². The van der Waals surface area contributed by atoms with Crippen molar-refractivity contribution in [2.45, 2.75) is 11.9 Å². The number of aliphatic hydroxyl groups is 1. The quantitative estimate of drug-likeness (QED) is 0.831. The van der Waals surface area contributed by atoms with Crippen molar-refractivity contribution in [1.82, 2.24) is 0 Å². The van der Waals surface area contributed by atoms with Crippen LogP contribution in [-0.2, 0) is 11.9 Å². The smallest absolute Gasteiger partial charge is 0.0696 e. The van der Waals surface area contributed by atoms with E-state index in [4.69, 9.17) is 11.6 Å². The average molecular weight is 292 g/mol. The number of alkyl halides is 1. The van der Waals surface area contributed by atoms with Gasteiger partial charge in [0, 0.05) is 19.9 Å². The van der Waals surface area contributed by atoms with E-state index < -0.39 is 0 Å². The highest BCUT2D eigenvalue weighted by molar-refractivity contribution is 9.08. The van der Waals surface area contributed by atoms with Gasteiger partial charge in [0.25, 0.3) is 0 Å². The lowest BCUT2D eigenvalue weighted by atomic mass is 10.2. The van der Waals surface area contributed by atoms with E-state index in [-0.39, 0.29) is 6.61 Å². The summed E-state index contributed by atoms with van der Waals surface area (Å²) >= 11 is 11.0. The Morgan fingerprint density at radius 3 is 2.79 bits per heavy atom. The van der Waals surface area contributed by atoms with Crippen LogP contribution in [0.1, 0.15) is 10.4 Å². The van der Waals surface area contributed by atoms with Gasteiger partial charge in [0.2, 0.25) is 0 Å². The molecule has 1 aromatic carbocycles. The number of thiophene rings is 1. The Balaban J connectivity index is 2.71. The molecule has 0 bridgehead atoms. The minimum absolute atomic E-state index is 0.0410. The van der Waals surface area contributed by atoms with Gasteiger partial charge in [-0.05, 0) is 29.1 Å². The summed E-state index contributed by atoms with van der Waals surface area (Å²) in [7, 11) is 0. The molecule has 0 saturated heterocycles. The molecular weight excluding hydrogens is 284 g/mol. The number of rotatable bonds is 2. The van der Waals surface area contributed by atoms with Crippen LogP contribution in [0.5, 0.6) is 0 Å².